The number of nitrogens with zero attached hydrogens (tertiary/aromatic N) is 3. The van der Waals surface area contributed by atoms with E-state index in [-0.39, 0.29) is 11.9 Å². The number of anilines is 1. The molecular weight excluding hydrogens is 240 g/mol. The first-order valence-corrected chi connectivity index (χ1v) is 7.02. The molecule has 0 aromatic carbocycles. The number of carbonyl (C=O) groups excluding carboxylic acids is 1. The van der Waals surface area contributed by atoms with Crippen molar-refractivity contribution in [3.63, 3.8) is 0 Å². The van der Waals surface area contributed by atoms with Crippen LogP contribution in [0.5, 0.6) is 0 Å². The van der Waals surface area contributed by atoms with Crippen molar-refractivity contribution in [1.82, 2.24) is 15.2 Å². The molecule has 2 saturated heterocycles. The maximum Gasteiger partial charge on any atom is 0.239 e. The Bertz CT molecular complexity index is 422. The topological polar surface area (TPSA) is 48.5 Å². The molecular formula is C14H20N4O. The first-order chi connectivity index (χ1) is 9.34. The molecule has 0 radical (unpaired) electrons. The average molecular weight is 260 g/mol. The number of pyridine rings is 1. The predicted octanol–water partition coefficient (Wildman–Crippen LogP) is 0.482. The van der Waals surface area contributed by atoms with E-state index in [2.05, 4.69) is 15.2 Å². The molecule has 3 rings (SSSR count). The predicted molar refractivity (Wildman–Crippen MR) is 74.1 cm³/mol. The Balaban J connectivity index is 1.56. The molecule has 1 aromatic heterocycles. The normalized spacial score (nSPS) is 23.7. The van der Waals surface area contributed by atoms with Gasteiger partial charge in [0.2, 0.25) is 5.91 Å². The Morgan fingerprint density at radius 1 is 1.21 bits per heavy atom. The van der Waals surface area contributed by atoms with Crippen LogP contribution in [0.2, 0.25) is 0 Å². The van der Waals surface area contributed by atoms with Gasteiger partial charge >= 0.3 is 0 Å². The smallest absolute Gasteiger partial charge is 0.239 e. The number of hydrogen-bond acceptors (Lipinski definition) is 4. The molecule has 0 spiro atoms. The van der Waals surface area contributed by atoms with E-state index in [1.807, 2.05) is 29.4 Å². The van der Waals surface area contributed by atoms with Crippen LogP contribution in [-0.4, -0.2) is 54.6 Å². The average Bonchev–Trinajstić information content (AvgIpc) is 3.02. The van der Waals surface area contributed by atoms with Gasteiger partial charge in [-0.15, -0.1) is 0 Å². The zero-order valence-corrected chi connectivity index (χ0v) is 11.1. The highest BCUT2D eigenvalue weighted by Crippen LogP contribution is 2.16. The van der Waals surface area contributed by atoms with Gasteiger partial charge < -0.3 is 15.1 Å². The van der Waals surface area contributed by atoms with Gasteiger partial charge in [-0.05, 0) is 31.5 Å². The third-order valence-corrected chi connectivity index (χ3v) is 3.98. The fourth-order valence-electron chi connectivity index (χ4n) is 2.86. The van der Waals surface area contributed by atoms with E-state index in [1.54, 1.807) is 0 Å². The number of amides is 1. The maximum atomic E-state index is 12.3. The van der Waals surface area contributed by atoms with E-state index in [0.717, 1.165) is 45.6 Å². The molecule has 0 unspecified atom stereocenters. The molecule has 1 N–H and O–H groups in total. The monoisotopic (exact) mass is 260 g/mol. The lowest BCUT2D eigenvalue weighted by Gasteiger charge is -2.37. The van der Waals surface area contributed by atoms with E-state index in [0.29, 0.717) is 0 Å². The van der Waals surface area contributed by atoms with Gasteiger partial charge in [0.05, 0.1) is 6.04 Å². The second-order valence-corrected chi connectivity index (χ2v) is 5.17. The van der Waals surface area contributed by atoms with Crippen LogP contribution >= 0.6 is 0 Å². The van der Waals surface area contributed by atoms with Crippen molar-refractivity contribution in [3.05, 3.63) is 24.5 Å². The lowest BCUT2D eigenvalue weighted by Crippen LogP contribution is -2.53. The summed E-state index contributed by atoms with van der Waals surface area (Å²) in [5.41, 5.74) is 1.20. The van der Waals surface area contributed by atoms with Crippen molar-refractivity contribution in [2.75, 3.05) is 37.6 Å². The highest BCUT2D eigenvalue weighted by molar-refractivity contribution is 5.82. The number of aromatic nitrogens is 1. The Morgan fingerprint density at radius 3 is 2.58 bits per heavy atom. The summed E-state index contributed by atoms with van der Waals surface area (Å²) in [6, 6.07) is 4.11. The van der Waals surface area contributed by atoms with Crippen LogP contribution in [-0.2, 0) is 4.79 Å². The largest absolute Gasteiger partial charge is 0.368 e. The molecule has 0 saturated carbocycles. The van der Waals surface area contributed by atoms with E-state index < -0.39 is 0 Å². The number of carbonyl (C=O) groups is 1. The van der Waals surface area contributed by atoms with E-state index in [9.17, 15) is 4.79 Å². The minimum atomic E-state index is 0.0625. The fraction of sp³-hybridized carbons (Fsp3) is 0.571. The first kappa shape index (κ1) is 12.4. The maximum absolute atomic E-state index is 12.3. The first-order valence-electron chi connectivity index (χ1n) is 7.02. The molecule has 5 heteroatoms. The van der Waals surface area contributed by atoms with Gasteiger partial charge in [-0.2, -0.15) is 0 Å². The Kier molecular flexibility index (Phi) is 3.64. The highest BCUT2D eigenvalue weighted by atomic mass is 16.2. The fourth-order valence-corrected chi connectivity index (χ4v) is 2.86. The summed E-state index contributed by atoms with van der Waals surface area (Å²) in [5.74, 6) is 0.284. The van der Waals surface area contributed by atoms with Crippen molar-refractivity contribution in [1.29, 1.82) is 0 Å². The molecule has 0 bridgehead atoms. The zero-order chi connectivity index (χ0) is 13.1. The lowest BCUT2D eigenvalue weighted by molar-refractivity contribution is -0.133. The van der Waals surface area contributed by atoms with Crippen LogP contribution in [0.1, 0.15) is 12.8 Å². The standard InChI is InChI=1S/C14H20N4O/c19-14(13-2-1-5-16-13)18-10-8-17(9-11-18)12-3-6-15-7-4-12/h3-4,6-7,13,16H,1-2,5,8-11H2/t13-/m1/s1. The molecule has 2 fully saturated rings. The summed E-state index contributed by atoms with van der Waals surface area (Å²) in [6.07, 6.45) is 5.74. The quantitative estimate of drug-likeness (QED) is 0.840. The summed E-state index contributed by atoms with van der Waals surface area (Å²) < 4.78 is 0. The number of nitrogens with one attached hydrogen (secondary N) is 1. The van der Waals surface area contributed by atoms with Gasteiger partial charge in [0, 0.05) is 44.3 Å². The van der Waals surface area contributed by atoms with E-state index in [4.69, 9.17) is 0 Å². The summed E-state index contributed by atoms with van der Waals surface area (Å²) >= 11 is 0. The second kappa shape index (κ2) is 5.57. The molecule has 1 amide bonds. The summed E-state index contributed by atoms with van der Waals surface area (Å²) in [5, 5.41) is 3.28. The molecule has 1 aromatic rings. The Labute approximate surface area is 113 Å². The van der Waals surface area contributed by atoms with Crippen LogP contribution in [0.4, 0.5) is 5.69 Å². The van der Waals surface area contributed by atoms with Gasteiger partial charge in [0.15, 0.2) is 0 Å². The molecule has 0 aliphatic carbocycles. The lowest BCUT2D eigenvalue weighted by atomic mass is 10.2. The SMILES string of the molecule is O=C([C@H]1CCCN1)N1CCN(c2ccncc2)CC1. The summed E-state index contributed by atoms with van der Waals surface area (Å²) in [4.78, 5) is 20.6. The molecule has 2 aliphatic rings. The third-order valence-electron chi connectivity index (χ3n) is 3.98. The zero-order valence-electron chi connectivity index (χ0n) is 11.1. The van der Waals surface area contributed by atoms with Crippen molar-refractivity contribution in [2.24, 2.45) is 0 Å². The van der Waals surface area contributed by atoms with Crippen LogP contribution in [0.15, 0.2) is 24.5 Å². The van der Waals surface area contributed by atoms with Crippen molar-refractivity contribution >= 4 is 11.6 Å². The van der Waals surface area contributed by atoms with Crippen LogP contribution in [0.3, 0.4) is 0 Å². The molecule has 1 atom stereocenters. The molecule has 2 aliphatic heterocycles. The van der Waals surface area contributed by atoms with Gasteiger partial charge in [0.25, 0.3) is 0 Å². The Hall–Kier alpha value is -1.62. The van der Waals surface area contributed by atoms with Crippen molar-refractivity contribution in [3.8, 4) is 0 Å². The second-order valence-electron chi connectivity index (χ2n) is 5.17. The molecule has 5 nitrogen and oxygen atoms in total. The Morgan fingerprint density at radius 2 is 1.95 bits per heavy atom. The van der Waals surface area contributed by atoms with Gasteiger partial charge in [-0.25, -0.2) is 0 Å². The molecule has 3 heterocycles. The van der Waals surface area contributed by atoms with Gasteiger partial charge in [-0.3, -0.25) is 9.78 Å². The summed E-state index contributed by atoms with van der Waals surface area (Å²) in [7, 11) is 0. The van der Waals surface area contributed by atoms with Crippen LogP contribution < -0.4 is 10.2 Å². The van der Waals surface area contributed by atoms with Gasteiger partial charge in [-0.1, -0.05) is 0 Å². The van der Waals surface area contributed by atoms with Crippen molar-refractivity contribution in [2.45, 2.75) is 18.9 Å². The summed E-state index contributed by atoms with van der Waals surface area (Å²) in [6.45, 7) is 4.43. The van der Waals surface area contributed by atoms with Gasteiger partial charge in [0.1, 0.15) is 0 Å². The van der Waals surface area contributed by atoms with E-state index >= 15 is 0 Å². The van der Waals surface area contributed by atoms with Crippen LogP contribution in [0, 0.1) is 0 Å². The van der Waals surface area contributed by atoms with Crippen molar-refractivity contribution < 1.29 is 4.79 Å². The number of rotatable bonds is 2. The molecule has 102 valence electrons. The minimum Gasteiger partial charge on any atom is -0.368 e. The van der Waals surface area contributed by atoms with Crippen LogP contribution in [0.25, 0.3) is 0 Å². The third kappa shape index (κ3) is 2.71. The number of piperazine rings is 1. The molecule has 19 heavy (non-hydrogen) atoms. The minimum absolute atomic E-state index is 0.0625. The number of hydrogen-bond donors (Lipinski definition) is 1. The van der Waals surface area contributed by atoms with E-state index in [1.165, 1.54) is 5.69 Å². The highest BCUT2D eigenvalue weighted by Gasteiger charge is 2.29.